The van der Waals surface area contributed by atoms with Crippen molar-refractivity contribution in [1.82, 2.24) is 15.3 Å². The summed E-state index contributed by atoms with van der Waals surface area (Å²) < 4.78 is 10.6. The van der Waals surface area contributed by atoms with Crippen LogP contribution in [0.15, 0.2) is 54.9 Å². The summed E-state index contributed by atoms with van der Waals surface area (Å²) in [7, 11) is 4.74. The fourth-order valence-corrected chi connectivity index (χ4v) is 4.38. The van der Waals surface area contributed by atoms with E-state index in [-0.39, 0.29) is 12.6 Å². The van der Waals surface area contributed by atoms with E-state index in [1.165, 1.54) is 26.6 Å². The predicted molar refractivity (Wildman–Crippen MR) is 152 cm³/mol. The molecule has 1 atom stereocenters. The van der Waals surface area contributed by atoms with E-state index in [4.69, 9.17) is 9.47 Å². The van der Waals surface area contributed by atoms with Gasteiger partial charge in [-0.1, -0.05) is 12.1 Å². The van der Waals surface area contributed by atoms with Crippen LogP contribution in [0.3, 0.4) is 0 Å². The number of nitrogens with zero attached hydrogens (tertiary/aromatic N) is 3. The number of ether oxygens (including phenoxy) is 2. The van der Waals surface area contributed by atoms with Crippen molar-refractivity contribution in [1.29, 1.82) is 0 Å². The van der Waals surface area contributed by atoms with Crippen LogP contribution in [0.4, 0.5) is 33.5 Å². The second-order valence-electron chi connectivity index (χ2n) is 8.86. The summed E-state index contributed by atoms with van der Waals surface area (Å²) in [6.45, 7) is 1.07. The summed E-state index contributed by atoms with van der Waals surface area (Å²) in [6, 6.07) is 12.9. The third kappa shape index (κ3) is 6.87. The normalized spacial score (nSPS) is 14.2. The summed E-state index contributed by atoms with van der Waals surface area (Å²) in [5.74, 6) is 0.712. The first kappa shape index (κ1) is 28.0. The molecule has 0 spiro atoms. The molecule has 1 saturated heterocycles. The minimum absolute atomic E-state index is 0.00473. The van der Waals surface area contributed by atoms with Gasteiger partial charge in [-0.25, -0.2) is 14.8 Å². The molecule has 2 heterocycles. The zero-order valence-electron chi connectivity index (χ0n) is 22.5. The minimum Gasteiger partial charge on any atom is -0.495 e. The van der Waals surface area contributed by atoms with Gasteiger partial charge in [0, 0.05) is 37.9 Å². The second-order valence-corrected chi connectivity index (χ2v) is 8.86. The van der Waals surface area contributed by atoms with Crippen LogP contribution in [0, 0.1) is 0 Å². The van der Waals surface area contributed by atoms with Gasteiger partial charge in [0.2, 0.25) is 0 Å². The number of urea groups is 1. The van der Waals surface area contributed by atoms with Gasteiger partial charge >= 0.3 is 17.8 Å². The highest BCUT2D eigenvalue weighted by atomic mass is 16.5. The summed E-state index contributed by atoms with van der Waals surface area (Å²) >= 11 is 0. The number of nitrogens with one attached hydrogen (secondary N) is 5. The molecule has 3 aromatic rings. The van der Waals surface area contributed by atoms with Crippen LogP contribution >= 0.6 is 0 Å². The molecular weight excluding hydrogens is 516 g/mol. The number of carbonyl (C=O) groups is 3. The van der Waals surface area contributed by atoms with E-state index >= 15 is 0 Å². The molecule has 210 valence electrons. The first-order valence-electron chi connectivity index (χ1n) is 12.7. The number of benzene rings is 2. The molecule has 2 aromatic carbocycles. The van der Waals surface area contributed by atoms with Gasteiger partial charge in [0.25, 0.3) is 0 Å². The Bertz CT molecular complexity index is 1370. The Morgan fingerprint density at radius 3 is 2.45 bits per heavy atom. The highest BCUT2D eigenvalue weighted by Gasteiger charge is 2.27. The van der Waals surface area contributed by atoms with Crippen molar-refractivity contribution in [3.8, 4) is 11.5 Å². The van der Waals surface area contributed by atoms with E-state index in [1.54, 1.807) is 43.4 Å². The lowest BCUT2D eigenvalue weighted by molar-refractivity contribution is -0.136. The fraction of sp³-hybridized carbons (Fsp3) is 0.296. The van der Waals surface area contributed by atoms with Crippen LogP contribution in [0.1, 0.15) is 12.8 Å². The molecule has 4 rings (SSSR count). The van der Waals surface area contributed by atoms with Gasteiger partial charge in [-0.15, -0.1) is 0 Å². The summed E-state index contributed by atoms with van der Waals surface area (Å²) in [6.07, 6.45) is 3.28. The van der Waals surface area contributed by atoms with E-state index in [9.17, 15) is 14.4 Å². The molecule has 5 N–H and O–H groups in total. The Balaban J connectivity index is 1.35. The number of hydrogen-bond acceptors (Lipinski definition) is 9. The third-order valence-electron chi connectivity index (χ3n) is 6.35. The van der Waals surface area contributed by atoms with Gasteiger partial charge < -0.3 is 41.0 Å². The van der Waals surface area contributed by atoms with E-state index in [0.717, 1.165) is 25.2 Å². The van der Waals surface area contributed by atoms with Gasteiger partial charge in [-0.3, -0.25) is 9.59 Å². The molecule has 0 saturated carbocycles. The Kier molecular flexibility index (Phi) is 9.18. The average molecular weight is 549 g/mol. The van der Waals surface area contributed by atoms with Crippen LogP contribution in [0.5, 0.6) is 11.5 Å². The minimum atomic E-state index is -0.835. The molecule has 1 fully saturated rings. The maximum Gasteiger partial charge on any atom is 0.323 e. The molecule has 0 radical (unpaired) electrons. The topological polar surface area (TPSA) is 159 Å². The Hall–Kier alpha value is -5.07. The van der Waals surface area contributed by atoms with Crippen molar-refractivity contribution < 1.29 is 23.9 Å². The zero-order chi connectivity index (χ0) is 28.5. The van der Waals surface area contributed by atoms with Crippen LogP contribution in [0.2, 0.25) is 0 Å². The SMILES string of the molecule is CNc1cc(N2CCCC2CNC(=O)C(=O)Nc2ccc(OC)c(NC(=O)Nc3ccccc3OC)c2)ncn1. The molecular formula is C27H32N8O5. The number of rotatable bonds is 9. The van der Waals surface area contributed by atoms with Crippen molar-refractivity contribution in [3.63, 3.8) is 0 Å². The predicted octanol–water partition coefficient (Wildman–Crippen LogP) is 2.90. The number of anilines is 5. The Morgan fingerprint density at radius 2 is 1.68 bits per heavy atom. The molecule has 0 bridgehead atoms. The average Bonchev–Trinajstić information content (AvgIpc) is 3.45. The Morgan fingerprint density at radius 1 is 0.925 bits per heavy atom. The third-order valence-corrected chi connectivity index (χ3v) is 6.35. The van der Waals surface area contributed by atoms with Gasteiger partial charge in [0.1, 0.15) is 29.5 Å². The first-order valence-corrected chi connectivity index (χ1v) is 12.7. The highest BCUT2D eigenvalue weighted by Crippen LogP contribution is 2.29. The van der Waals surface area contributed by atoms with Crippen LogP contribution in [0.25, 0.3) is 0 Å². The summed E-state index contributed by atoms with van der Waals surface area (Å²) in [5.41, 5.74) is 1.07. The number of amides is 4. The highest BCUT2D eigenvalue weighted by molar-refractivity contribution is 6.39. The zero-order valence-corrected chi connectivity index (χ0v) is 22.5. The number of para-hydroxylation sites is 2. The van der Waals surface area contributed by atoms with E-state index < -0.39 is 17.8 Å². The van der Waals surface area contributed by atoms with Crippen LogP contribution in [-0.2, 0) is 9.59 Å². The second kappa shape index (κ2) is 13.1. The van der Waals surface area contributed by atoms with Crippen molar-refractivity contribution in [3.05, 3.63) is 54.9 Å². The van der Waals surface area contributed by atoms with E-state index in [0.29, 0.717) is 34.4 Å². The molecule has 13 nitrogen and oxygen atoms in total. The van der Waals surface area contributed by atoms with Crippen molar-refractivity contribution in [2.24, 2.45) is 0 Å². The summed E-state index contributed by atoms with van der Waals surface area (Å²) in [4.78, 5) is 48.5. The van der Waals surface area contributed by atoms with Gasteiger partial charge in [0.15, 0.2) is 0 Å². The number of aromatic nitrogens is 2. The van der Waals surface area contributed by atoms with Gasteiger partial charge in [0.05, 0.1) is 25.6 Å². The lowest BCUT2D eigenvalue weighted by Gasteiger charge is -2.26. The van der Waals surface area contributed by atoms with Gasteiger partial charge in [-0.05, 0) is 43.2 Å². The molecule has 1 unspecified atom stereocenters. The first-order chi connectivity index (χ1) is 19.4. The smallest absolute Gasteiger partial charge is 0.323 e. The summed E-state index contributed by atoms with van der Waals surface area (Å²) in [5, 5.41) is 13.7. The van der Waals surface area contributed by atoms with Crippen molar-refractivity contribution >= 4 is 46.5 Å². The molecule has 0 aliphatic carbocycles. The monoisotopic (exact) mass is 548 g/mol. The van der Waals surface area contributed by atoms with Crippen molar-refractivity contribution in [2.75, 3.05) is 60.5 Å². The molecule has 13 heteroatoms. The van der Waals surface area contributed by atoms with Gasteiger partial charge in [-0.2, -0.15) is 0 Å². The number of carbonyl (C=O) groups excluding carboxylic acids is 3. The Labute approximate surface area is 231 Å². The molecule has 1 aliphatic heterocycles. The number of hydrogen-bond donors (Lipinski definition) is 5. The number of methoxy groups -OCH3 is 2. The molecule has 40 heavy (non-hydrogen) atoms. The van der Waals surface area contributed by atoms with E-state index in [2.05, 4.69) is 41.5 Å². The maximum absolute atomic E-state index is 12.6. The fourth-order valence-electron chi connectivity index (χ4n) is 4.38. The lowest BCUT2D eigenvalue weighted by atomic mass is 10.2. The maximum atomic E-state index is 12.6. The van der Waals surface area contributed by atoms with Crippen molar-refractivity contribution in [2.45, 2.75) is 18.9 Å². The van der Waals surface area contributed by atoms with Crippen LogP contribution < -0.4 is 41.0 Å². The largest absolute Gasteiger partial charge is 0.495 e. The van der Waals surface area contributed by atoms with E-state index in [1.807, 2.05) is 6.07 Å². The molecule has 1 aliphatic rings. The lowest BCUT2D eigenvalue weighted by Crippen LogP contribution is -2.44. The van der Waals surface area contributed by atoms with Crippen LogP contribution in [-0.4, -0.2) is 68.2 Å². The standard InChI is InChI=1S/C27H32N8O5/c1-28-23-14-24(31-16-30-23)35-12-6-7-18(35)15-29-25(36)26(37)32-17-10-11-22(40-3)20(13-17)34-27(38)33-19-8-4-5-9-21(19)39-2/h4-5,8-11,13-14,16,18H,6-7,12,15H2,1-3H3,(H,29,36)(H,32,37)(H,28,30,31)(H2,33,34,38). The molecule has 4 amide bonds. The molecule has 1 aromatic heterocycles. The quantitative estimate of drug-likeness (QED) is 0.254.